The molecule has 0 saturated carbocycles. The van der Waals surface area contributed by atoms with Gasteiger partial charge in [-0.15, -0.1) is 0 Å². The van der Waals surface area contributed by atoms with Gasteiger partial charge in [0, 0.05) is 6.54 Å². The molecule has 31 heavy (non-hydrogen) atoms. The first-order chi connectivity index (χ1) is 14.7. The molecule has 0 aromatic carbocycles. The number of nitrogens with one attached hydrogen (secondary N) is 2. The summed E-state index contributed by atoms with van der Waals surface area (Å²) < 4.78 is 0. The summed E-state index contributed by atoms with van der Waals surface area (Å²) in [5.41, 5.74) is 11.5. The van der Waals surface area contributed by atoms with Gasteiger partial charge < -0.3 is 37.2 Å². The van der Waals surface area contributed by atoms with Gasteiger partial charge in [0.1, 0.15) is 18.1 Å². The molecule has 0 aromatic rings. The minimum absolute atomic E-state index is 0.0588. The summed E-state index contributed by atoms with van der Waals surface area (Å²) in [4.78, 5) is 50.8. The Kier molecular flexibility index (Phi) is 11.4. The molecule has 11 heteroatoms. The first kappa shape index (κ1) is 26.8. The number of aliphatic carboxylic acids is 1. The molecule has 1 rings (SSSR count). The Bertz CT molecular complexity index is 631. The highest BCUT2D eigenvalue weighted by Crippen LogP contribution is 2.20. The fraction of sp³-hybridized carbons (Fsp3) is 0.800. The van der Waals surface area contributed by atoms with Crippen molar-refractivity contribution in [3.8, 4) is 0 Å². The quantitative estimate of drug-likeness (QED) is 0.186. The Morgan fingerprint density at radius 2 is 1.84 bits per heavy atom. The Balaban J connectivity index is 2.93. The van der Waals surface area contributed by atoms with Gasteiger partial charge in [0.05, 0.1) is 12.6 Å². The number of amides is 3. The van der Waals surface area contributed by atoms with E-state index in [-0.39, 0.29) is 5.92 Å². The second kappa shape index (κ2) is 13.2. The van der Waals surface area contributed by atoms with Crippen LogP contribution in [0.15, 0.2) is 0 Å². The molecule has 5 unspecified atom stereocenters. The minimum atomic E-state index is -1.45. The zero-order valence-corrected chi connectivity index (χ0v) is 18.4. The Morgan fingerprint density at radius 1 is 1.16 bits per heavy atom. The third-order valence-electron chi connectivity index (χ3n) is 5.76. The van der Waals surface area contributed by atoms with Crippen molar-refractivity contribution in [2.45, 2.75) is 76.5 Å². The Hall–Kier alpha value is -2.24. The van der Waals surface area contributed by atoms with Gasteiger partial charge in [0.15, 0.2) is 0 Å². The third-order valence-corrected chi connectivity index (χ3v) is 5.76. The molecule has 1 aliphatic heterocycles. The maximum absolute atomic E-state index is 13.2. The van der Waals surface area contributed by atoms with Crippen LogP contribution in [-0.4, -0.2) is 82.7 Å². The summed E-state index contributed by atoms with van der Waals surface area (Å²) in [6.07, 6.45) is 3.29. The van der Waals surface area contributed by atoms with Gasteiger partial charge >= 0.3 is 5.97 Å². The molecule has 1 saturated heterocycles. The van der Waals surface area contributed by atoms with Gasteiger partial charge in [-0.1, -0.05) is 20.3 Å². The topological polar surface area (TPSA) is 188 Å². The third kappa shape index (κ3) is 7.75. The van der Waals surface area contributed by atoms with Crippen LogP contribution in [0.25, 0.3) is 0 Å². The van der Waals surface area contributed by atoms with Crippen LogP contribution >= 0.6 is 0 Å². The van der Waals surface area contributed by atoms with Gasteiger partial charge in [0.2, 0.25) is 17.7 Å². The first-order valence-corrected chi connectivity index (χ1v) is 10.9. The number of hydrogen-bond donors (Lipinski definition) is 6. The lowest BCUT2D eigenvalue weighted by atomic mass is 9.98. The van der Waals surface area contributed by atoms with Crippen molar-refractivity contribution in [2.75, 3.05) is 19.7 Å². The SMILES string of the molecule is CCC(C)C(N)C(=O)NC(CCCCN)C(=O)N1CCCC1C(=O)NC(CO)C(=O)O. The number of nitrogens with two attached hydrogens (primary N) is 2. The molecule has 3 amide bonds. The monoisotopic (exact) mass is 443 g/mol. The van der Waals surface area contributed by atoms with Gasteiger partial charge in [-0.25, -0.2) is 4.79 Å². The van der Waals surface area contributed by atoms with Crippen LogP contribution in [0.5, 0.6) is 0 Å². The van der Waals surface area contributed by atoms with E-state index in [1.54, 1.807) is 0 Å². The number of nitrogens with zero attached hydrogens (tertiary/aromatic N) is 1. The summed E-state index contributed by atoms with van der Waals surface area (Å²) in [5.74, 6) is -2.90. The summed E-state index contributed by atoms with van der Waals surface area (Å²) in [6, 6.07) is -3.92. The molecule has 0 aliphatic carbocycles. The molecule has 8 N–H and O–H groups in total. The zero-order valence-electron chi connectivity index (χ0n) is 18.4. The van der Waals surface area contributed by atoms with Crippen molar-refractivity contribution in [3.05, 3.63) is 0 Å². The van der Waals surface area contributed by atoms with Gasteiger partial charge in [-0.3, -0.25) is 14.4 Å². The molecule has 0 spiro atoms. The fourth-order valence-electron chi connectivity index (χ4n) is 3.49. The van der Waals surface area contributed by atoms with Crippen molar-refractivity contribution >= 4 is 23.7 Å². The molecule has 1 heterocycles. The van der Waals surface area contributed by atoms with Crippen LogP contribution in [-0.2, 0) is 19.2 Å². The lowest BCUT2D eigenvalue weighted by molar-refractivity contribution is -0.145. The number of carbonyl (C=O) groups excluding carboxylic acids is 3. The summed E-state index contributed by atoms with van der Waals surface area (Å²) in [5, 5.41) is 23.2. The fourth-order valence-corrected chi connectivity index (χ4v) is 3.49. The van der Waals surface area contributed by atoms with Crippen LogP contribution in [0.4, 0.5) is 0 Å². The van der Waals surface area contributed by atoms with Crippen molar-refractivity contribution in [1.82, 2.24) is 15.5 Å². The van der Waals surface area contributed by atoms with E-state index in [9.17, 15) is 19.2 Å². The molecule has 178 valence electrons. The Morgan fingerprint density at radius 3 is 2.39 bits per heavy atom. The smallest absolute Gasteiger partial charge is 0.328 e. The summed E-state index contributed by atoms with van der Waals surface area (Å²) in [7, 11) is 0. The molecule has 0 radical (unpaired) electrons. The number of carboxylic acid groups (broad SMARTS) is 1. The average Bonchev–Trinajstić information content (AvgIpc) is 3.24. The van der Waals surface area contributed by atoms with Crippen molar-refractivity contribution in [3.63, 3.8) is 0 Å². The zero-order chi connectivity index (χ0) is 23.6. The number of carboxylic acids is 1. The normalized spacial score (nSPS) is 19.9. The molecule has 1 aliphatic rings. The number of hydrogen-bond acceptors (Lipinski definition) is 7. The molecule has 0 aromatic heterocycles. The highest BCUT2D eigenvalue weighted by atomic mass is 16.4. The lowest BCUT2D eigenvalue weighted by Gasteiger charge is -2.30. The van der Waals surface area contributed by atoms with Gasteiger partial charge in [-0.05, 0) is 44.6 Å². The molecule has 1 fully saturated rings. The number of aliphatic hydroxyl groups excluding tert-OH is 1. The number of aliphatic hydroxyl groups is 1. The van der Waals surface area contributed by atoms with Gasteiger partial charge in [0.25, 0.3) is 0 Å². The number of carbonyl (C=O) groups is 4. The predicted molar refractivity (Wildman–Crippen MR) is 114 cm³/mol. The minimum Gasteiger partial charge on any atom is -0.480 e. The molecule has 11 nitrogen and oxygen atoms in total. The highest BCUT2D eigenvalue weighted by molar-refractivity contribution is 5.94. The second-order valence-corrected chi connectivity index (χ2v) is 8.03. The molecule has 0 bridgehead atoms. The van der Waals surface area contributed by atoms with E-state index in [2.05, 4.69) is 10.6 Å². The van der Waals surface area contributed by atoms with Crippen molar-refractivity contribution in [1.29, 1.82) is 0 Å². The maximum atomic E-state index is 13.2. The standard InChI is InChI=1S/C20H37N5O6/c1-3-12(2)16(22)18(28)23-13(7-4-5-9-21)19(29)25-10-6-8-15(25)17(27)24-14(11-26)20(30)31/h12-16,26H,3-11,21-22H2,1-2H3,(H,23,28)(H,24,27)(H,30,31). The van der Waals surface area contributed by atoms with Crippen molar-refractivity contribution < 1.29 is 29.4 Å². The molecular formula is C20H37N5O6. The van der Waals surface area contributed by atoms with Crippen LogP contribution < -0.4 is 22.1 Å². The predicted octanol–water partition coefficient (Wildman–Crippen LogP) is -1.47. The van der Waals surface area contributed by atoms with E-state index in [0.717, 1.165) is 0 Å². The summed E-state index contributed by atoms with van der Waals surface area (Å²) >= 11 is 0. The molecular weight excluding hydrogens is 406 g/mol. The van der Waals surface area contributed by atoms with Gasteiger partial charge in [-0.2, -0.15) is 0 Å². The van der Waals surface area contributed by atoms with E-state index in [1.165, 1.54) is 4.90 Å². The second-order valence-electron chi connectivity index (χ2n) is 8.03. The van der Waals surface area contributed by atoms with E-state index < -0.39 is 54.5 Å². The van der Waals surface area contributed by atoms with Crippen LogP contribution in [0.1, 0.15) is 52.4 Å². The maximum Gasteiger partial charge on any atom is 0.328 e. The van der Waals surface area contributed by atoms with E-state index >= 15 is 0 Å². The van der Waals surface area contributed by atoms with Crippen LogP contribution in [0, 0.1) is 5.92 Å². The molecule has 5 atom stereocenters. The number of rotatable bonds is 13. The Labute approximate surface area is 182 Å². The van der Waals surface area contributed by atoms with Crippen LogP contribution in [0.3, 0.4) is 0 Å². The lowest BCUT2D eigenvalue weighted by Crippen LogP contribution is -2.57. The first-order valence-electron chi connectivity index (χ1n) is 10.9. The van der Waals surface area contributed by atoms with E-state index in [4.69, 9.17) is 21.7 Å². The number of unbranched alkanes of at least 4 members (excludes halogenated alkanes) is 1. The van der Waals surface area contributed by atoms with E-state index in [0.29, 0.717) is 51.6 Å². The number of likely N-dealkylation sites (tertiary alicyclic amines) is 1. The largest absolute Gasteiger partial charge is 0.480 e. The van der Waals surface area contributed by atoms with Crippen LogP contribution in [0.2, 0.25) is 0 Å². The van der Waals surface area contributed by atoms with Crippen molar-refractivity contribution in [2.24, 2.45) is 17.4 Å². The summed E-state index contributed by atoms with van der Waals surface area (Å²) in [6.45, 7) is 3.79. The highest BCUT2D eigenvalue weighted by Gasteiger charge is 2.39. The average molecular weight is 444 g/mol. The van der Waals surface area contributed by atoms with E-state index in [1.807, 2.05) is 13.8 Å².